The molecule has 0 aliphatic carbocycles. The maximum absolute atomic E-state index is 13.8. The van der Waals surface area contributed by atoms with Gasteiger partial charge in [-0.1, -0.05) is 29.0 Å². The standard InChI is InChI=1S/C22H21F2N5O2S/c1-12-5-7-16(13(2)10-12)26-22(31)29-9-3-4-18(29)20-27-28-21(32-20)19(30)25-17-8-6-14(23)11-15(17)24/h5-8,10-11,18H,3-4,9H2,1-2H3,(H,25,30)(H,26,31)/t18-/m1/s1. The van der Waals surface area contributed by atoms with Gasteiger partial charge < -0.3 is 15.5 Å². The Bertz CT molecular complexity index is 1180. The normalized spacial score (nSPS) is 15.6. The Morgan fingerprint density at radius 2 is 1.84 bits per heavy atom. The molecule has 3 amide bonds. The number of benzene rings is 2. The highest BCUT2D eigenvalue weighted by molar-refractivity contribution is 7.13. The van der Waals surface area contributed by atoms with Crippen LogP contribution < -0.4 is 10.6 Å². The van der Waals surface area contributed by atoms with Crippen LogP contribution in [0.5, 0.6) is 0 Å². The third-order valence-corrected chi connectivity index (χ3v) is 6.26. The minimum absolute atomic E-state index is 0.0327. The highest BCUT2D eigenvalue weighted by Gasteiger charge is 2.33. The van der Waals surface area contributed by atoms with E-state index >= 15 is 0 Å². The zero-order chi connectivity index (χ0) is 22.8. The summed E-state index contributed by atoms with van der Waals surface area (Å²) in [5.74, 6) is -2.27. The first-order valence-corrected chi connectivity index (χ1v) is 10.9. The molecule has 0 unspecified atom stereocenters. The van der Waals surface area contributed by atoms with Crippen molar-refractivity contribution in [3.05, 3.63) is 69.2 Å². The van der Waals surface area contributed by atoms with Crippen molar-refractivity contribution < 1.29 is 18.4 Å². The fraction of sp³-hybridized carbons (Fsp3) is 0.273. The number of anilines is 2. The van der Waals surface area contributed by atoms with Crippen molar-refractivity contribution in [2.45, 2.75) is 32.7 Å². The number of carbonyl (C=O) groups is 2. The Kier molecular flexibility index (Phi) is 6.13. The molecule has 1 aliphatic rings. The second-order valence-electron chi connectivity index (χ2n) is 7.62. The van der Waals surface area contributed by atoms with E-state index in [2.05, 4.69) is 20.8 Å². The monoisotopic (exact) mass is 457 g/mol. The van der Waals surface area contributed by atoms with Crippen LogP contribution in [0.15, 0.2) is 36.4 Å². The van der Waals surface area contributed by atoms with Gasteiger partial charge in [0.1, 0.15) is 16.6 Å². The summed E-state index contributed by atoms with van der Waals surface area (Å²) in [7, 11) is 0. The predicted octanol–water partition coefficient (Wildman–Crippen LogP) is 5.05. The SMILES string of the molecule is Cc1ccc(NC(=O)N2CCC[C@@H]2c2nnc(C(=O)Nc3ccc(F)cc3F)s2)c(C)c1. The number of aryl methyl sites for hydroxylation is 2. The lowest BCUT2D eigenvalue weighted by Crippen LogP contribution is -2.34. The van der Waals surface area contributed by atoms with E-state index in [1.54, 1.807) is 4.90 Å². The lowest BCUT2D eigenvalue weighted by molar-refractivity contribution is 0.102. The van der Waals surface area contributed by atoms with Crippen molar-refractivity contribution in [3.8, 4) is 0 Å². The molecule has 1 aromatic heterocycles. The van der Waals surface area contributed by atoms with E-state index in [9.17, 15) is 18.4 Å². The zero-order valence-corrected chi connectivity index (χ0v) is 18.3. The van der Waals surface area contributed by atoms with E-state index in [0.717, 1.165) is 46.7 Å². The van der Waals surface area contributed by atoms with Crippen molar-refractivity contribution >= 4 is 34.6 Å². The van der Waals surface area contributed by atoms with Gasteiger partial charge in [-0.2, -0.15) is 0 Å². The molecule has 7 nitrogen and oxygen atoms in total. The Labute approximate surface area is 187 Å². The van der Waals surface area contributed by atoms with Crippen molar-refractivity contribution in [1.29, 1.82) is 0 Å². The summed E-state index contributed by atoms with van der Waals surface area (Å²) in [6.45, 7) is 4.48. The van der Waals surface area contributed by atoms with E-state index in [1.165, 1.54) is 0 Å². The molecule has 1 aliphatic heterocycles. The molecule has 3 aromatic rings. The summed E-state index contributed by atoms with van der Waals surface area (Å²) >= 11 is 1.05. The molecule has 0 spiro atoms. The third kappa shape index (κ3) is 4.59. The van der Waals surface area contributed by atoms with Gasteiger partial charge in [-0.25, -0.2) is 13.6 Å². The first-order chi connectivity index (χ1) is 15.3. The van der Waals surface area contributed by atoms with Crippen LogP contribution in [0.3, 0.4) is 0 Å². The molecule has 1 atom stereocenters. The summed E-state index contributed by atoms with van der Waals surface area (Å²) in [6.07, 6.45) is 1.50. The average molecular weight is 458 g/mol. The van der Waals surface area contributed by atoms with Crippen LogP contribution >= 0.6 is 11.3 Å². The van der Waals surface area contributed by atoms with Crippen molar-refractivity contribution in [2.24, 2.45) is 0 Å². The second-order valence-corrected chi connectivity index (χ2v) is 8.63. The van der Waals surface area contributed by atoms with E-state index in [-0.39, 0.29) is 22.8 Å². The average Bonchev–Trinajstić information content (AvgIpc) is 3.41. The molecule has 4 rings (SSSR count). The number of likely N-dealkylation sites (tertiary alicyclic amines) is 1. The van der Waals surface area contributed by atoms with Crippen LogP contribution in [-0.2, 0) is 0 Å². The first-order valence-electron chi connectivity index (χ1n) is 10.1. The molecule has 2 N–H and O–H groups in total. The van der Waals surface area contributed by atoms with Gasteiger partial charge in [0.25, 0.3) is 5.91 Å². The summed E-state index contributed by atoms with van der Waals surface area (Å²) in [5, 5.41) is 13.9. The van der Waals surface area contributed by atoms with Crippen LogP contribution in [0.25, 0.3) is 0 Å². The minimum Gasteiger partial charge on any atom is -0.317 e. The van der Waals surface area contributed by atoms with Gasteiger partial charge in [0.05, 0.1) is 11.7 Å². The Morgan fingerprint density at radius 3 is 2.59 bits per heavy atom. The van der Waals surface area contributed by atoms with Crippen molar-refractivity contribution in [3.63, 3.8) is 0 Å². The fourth-order valence-corrected chi connectivity index (χ4v) is 4.52. The highest BCUT2D eigenvalue weighted by Crippen LogP contribution is 2.34. The Hall–Kier alpha value is -3.40. The van der Waals surface area contributed by atoms with E-state index in [0.29, 0.717) is 24.0 Å². The number of aromatic nitrogens is 2. The smallest absolute Gasteiger partial charge is 0.317 e. The predicted molar refractivity (Wildman–Crippen MR) is 118 cm³/mol. The summed E-state index contributed by atoms with van der Waals surface area (Å²) in [6, 6.07) is 8.13. The second kappa shape index (κ2) is 8.99. The number of rotatable bonds is 4. The van der Waals surface area contributed by atoms with E-state index < -0.39 is 17.5 Å². The molecule has 0 saturated carbocycles. The van der Waals surface area contributed by atoms with Crippen LogP contribution in [0.1, 0.15) is 44.8 Å². The summed E-state index contributed by atoms with van der Waals surface area (Å²) in [4.78, 5) is 27.0. The van der Waals surface area contributed by atoms with Gasteiger partial charge in [0, 0.05) is 18.3 Å². The summed E-state index contributed by atoms with van der Waals surface area (Å²) < 4.78 is 26.9. The number of amides is 3. The largest absolute Gasteiger partial charge is 0.322 e. The minimum atomic E-state index is -0.881. The van der Waals surface area contributed by atoms with Gasteiger partial charge in [-0.15, -0.1) is 10.2 Å². The molecular formula is C22H21F2N5O2S. The van der Waals surface area contributed by atoms with E-state index in [1.807, 2.05) is 32.0 Å². The number of urea groups is 1. The number of carbonyl (C=O) groups excluding carboxylic acids is 2. The maximum atomic E-state index is 13.8. The Morgan fingerprint density at radius 1 is 1.06 bits per heavy atom. The quantitative estimate of drug-likeness (QED) is 0.574. The van der Waals surface area contributed by atoms with Gasteiger partial charge >= 0.3 is 6.03 Å². The van der Waals surface area contributed by atoms with Gasteiger partial charge in [0.15, 0.2) is 0 Å². The summed E-state index contributed by atoms with van der Waals surface area (Å²) in [5.41, 5.74) is 2.67. The lowest BCUT2D eigenvalue weighted by atomic mass is 10.1. The van der Waals surface area contributed by atoms with Gasteiger partial charge in [0.2, 0.25) is 5.01 Å². The third-order valence-electron chi connectivity index (χ3n) is 5.24. The Balaban J connectivity index is 1.46. The number of halogens is 2. The molecular weight excluding hydrogens is 436 g/mol. The molecule has 2 heterocycles. The first kappa shape index (κ1) is 21.8. The van der Waals surface area contributed by atoms with Crippen LogP contribution in [-0.4, -0.2) is 33.6 Å². The van der Waals surface area contributed by atoms with Crippen molar-refractivity contribution in [1.82, 2.24) is 15.1 Å². The molecule has 0 radical (unpaired) electrons. The van der Waals surface area contributed by atoms with Gasteiger partial charge in [-0.05, 0) is 50.5 Å². The molecule has 10 heteroatoms. The fourth-order valence-electron chi connectivity index (χ4n) is 3.63. The molecule has 0 bridgehead atoms. The zero-order valence-electron chi connectivity index (χ0n) is 17.5. The molecule has 1 saturated heterocycles. The number of hydrogen-bond acceptors (Lipinski definition) is 5. The molecule has 32 heavy (non-hydrogen) atoms. The van der Waals surface area contributed by atoms with Crippen LogP contribution in [0.4, 0.5) is 25.0 Å². The van der Waals surface area contributed by atoms with Gasteiger partial charge in [-0.3, -0.25) is 4.79 Å². The number of hydrogen-bond donors (Lipinski definition) is 2. The maximum Gasteiger partial charge on any atom is 0.322 e. The highest BCUT2D eigenvalue weighted by atomic mass is 32.1. The lowest BCUT2D eigenvalue weighted by Gasteiger charge is -2.23. The molecule has 166 valence electrons. The van der Waals surface area contributed by atoms with Crippen molar-refractivity contribution in [2.75, 3.05) is 17.2 Å². The van der Waals surface area contributed by atoms with E-state index in [4.69, 9.17) is 0 Å². The van der Waals surface area contributed by atoms with Crippen LogP contribution in [0.2, 0.25) is 0 Å². The molecule has 2 aromatic carbocycles. The molecule has 1 fully saturated rings. The topological polar surface area (TPSA) is 87.2 Å². The number of nitrogens with zero attached hydrogens (tertiary/aromatic N) is 3. The van der Waals surface area contributed by atoms with Crippen LogP contribution in [0, 0.1) is 25.5 Å². The number of nitrogens with one attached hydrogen (secondary N) is 2.